The van der Waals surface area contributed by atoms with E-state index in [2.05, 4.69) is 14.9 Å². The lowest BCUT2D eigenvalue weighted by Gasteiger charge is -2.36. The Labute approximate surface area is 220 Å². The van der Waals surface area contributed by atoms with Gasteiger partial charge in [0.1, 0.15) is 11.4 Å². The molecule has 3 aromatic rings. The maximum absolute atomic E-state index is 13.4. The van der Waals surface area contributed by atoms with E-state index in [4.69, 9.17) is 9.47 Å². The third-order valence-corrected chi connectivity index (χ3v) is 9.45. The number of nitrogens with zero attached hydrogens (tertiary/aromatic N) is 4. The Morgan fingerprint density at radius 3 is 2.39 bits per heavy atom. The molecule has 3 aliphatic rings. The van der Waals surface area contributed by atoms with Gasteiger partial charge in [-0.2, -0.15) is 4.31 Å². The number of carbonyl (C=O) groups excluding carboxylic acids is 1. The number of hydrogen-bond donors (Lipinski definition) is 1. The molecule has 1 spiro atoms. The van der Waals surface area contributed by atoms with Crippen LogP contribution in [0.5, 0.6) is 0 Å². The third kappa shape index (κ3) is 4.47. The molecule has 3 saturated heterocycles. The number of carbonyl (C=O) groups is 1. The van der Waals surface area contributed by atoms with Crippen molar-refractivity contribution in [2.24, 2.45) is 0 Å². The molecule has 11 nitrogen and oxygen atoms in total. The number of piperidine rings is 1. The highest BCUT2D eigenvalue weighted by atomic mass is 32.2. The van der Waals surface area contributed by atoms with Crippen molar-refractivity contribution in [3.8, 4) is 0 Å². The summed E-state index contributed by atoms with van der Waals surface area (Å²) in [5.41, 5.74) is -0.0251. The summed E-state index contributed by atoms with van der Waals surface area (Å²) in [5.74, 6) is -0.214. The second-order valence-corrected chi connectivity index (χ2v) is 11.7. The molecule has 0 unspecified atom stereocenters. The number of rotatable bonds is 4. The van der Waals surface area contributed by atoms with E-state index in [1.807, 2.05) is 18.2 Å². The van der Waals surface area contributed by atoms with E-state index in [0.29, 0.717) is 57.8 Å². The number of anilines is 1. The van der Waals surface area contributed by atoms with E-state index in [-0.39, 0.29) is 34.8 Å². The van der Waals surface area contributed by atoms with Crippen molar-refractivity contribution in [2.45, 2.75) is 23.5 Å². The number of H-pyrrole nitrogens is 1. The summed E-state index contributed by atoms with van der Waals surface area (Å²) in [6, 6.07) is 10.1. The standard InChI is InChI=1S/C26H29N5O6S/c32-24-20-17-19(38(34,35)31-9-6-26(7-10-31)36-15-16-37-26)4-5-22(20)28-18-21(24)25(33)30-13-11-29(12-14-30)23-3-1-2-8-27-23/h1-5,8,17-18H,6-7,9-16H2,(H,28,32). The number of nitrogens with one attached hydrogen (secondary N) is 1. The summed E-state index contributed by atoms with van der Waals surface area (Å²) in [4.78, 5) is 37.8. The number of fused-ring (bicyclic) bond motifs is 1. The first-order valence-corrected chi connectivity index (χ1v) is 14.2. The van der Waals surface area contributed by atoms with Crippen LogP contribution in [0, 0.1) is 0 Å². The zero-order valence-corrected chi connectivity index (χ0v) is 21.7. The van der Waals surface area contributed by atoms with Crippen LogP contribution in [0.15, 0.2) is 58.5 Å². The van der Waals surface area contributed by atoms with Crippen LogP contribution < -0.4 is 10.3 Å². The second kappa shape index (κ2) is 9.77. The first kappa shape index (κ1) is 25.0. The minimum atomic E-state index is -3.84. The second-order valence-electron chi connectivity index (χ2n) is 9.72. The smallest absolute Gasteiger partial charge is 0.259 e. The van der Waals surface area contributed by atoms with Crippen molar-refractivity contribution in [1.29, 1.82) is 0 Å². The summed E-state index contributed by atoms with van der Waals surface area (Å²) in [6.07, 6.45) is 4.05. The average molecular weight is 540 g/mol. The normalized spacial score (nSPS) is 20.3. The number of benzene rings is 1. The number of piperazine rings is 1. The van der Waals surface area contributed by atoms with Crippen LogP contribution in [0.2, 0.25) is 0 Å². The number of sulfonamides is 1. The van der Waals surface area contributed by atoms with Crippen LogP contribution in [0.3, 0.4) is 0 Å². The molecule has 38 heavy (non-hydrogen) atoms. The van der Waals surface area contributed by atoms with Crippen LogP contribution >= 0.6 is 0 Å². The van der Waals surface area contributed by atoms with Gasteiger partial charge in [-0.15, -0.1) is 0 Å². The van der Waals surface area contributed by atoms with Crippen molar-refractivity contribution < 1.29 is 22.7 Å². The quantitative estimate of drug-likeness (QED) is 0.528. The number of ether oxygens (including phenoxy) is 2. The van der Waals surface area contributed by atoms with Crippen LogP contribution in [0.1, 0.15) is 23.2 Å². The molecule has 0 saturated carbocycles. The molecule has 12 heteroatoms. The van der Waals surface area contributed by atoms with Crippen molar-refractivity contribution in [2.75, 3.05) is 57.4 Å². The number of pyridine rings is 2. The molecule has 5 heterocycles. The first-order chi connectivity index (χ1) is 18.4. The Kier molecular flexibility index (Phi) is 6.42. The summed E-state index contributed by atoms with van der Waals surface area (Å²) < 4.78 is 39.6. The van der Waals surface area contributed by atoms with Gasteiger partial charge >= 0.3 is 0 Å². The van der Waals surface area contributed by atoms with Crippen LogP contribution in [0.25, 0.3) is 10.9 Å². The Hall–Kier alpha value is -3.32. The molecule has 1 amide bonds. The van der Waals surface area contributed by atoms with Gasteiger partial charge < -0.3 is 24.3 Å². The lowest BCUT2D eigenvalue weighted by atomic mass is 10.1. The van der Waals surface area contributed by atoms with Gasteiger partial charge in [-0.05, 0) is 30.3 Å². The van der Waals surface area contributed by atoms with E-state index in [1.54, 1.807) is 17.2 Å². The van der Waals surface area contributed by atoms with Gasteiger partial charge in [0.2, 0.25) is 15.5 Å². The summed E-state index contributed by atoms with van der Waals surface area (Å²) in [5, 5.41) is 0.167. The molecule has 3 fully saturated rings. The molecular formula is C26H29N5O6S. The molecule has 6 rings (SSSR count). The zero-order chi connectivity index (χ0) is 26.3. The zero-order valence-electron chi connectivity index (χ0n) is 20.8. The lowest BCUT2D eigenvalue weighted by Crippen LogP contribution is -2.49. The molecule has 0 radical (unpaired) electrons. The average Bonchev–Trinajstić information content (AvgIpc) is 3.41. The molecule has 0 aliphatic carbocycles. The summed E-state index contributed by atoms with van der Waals surface area (Å²) >= 11 is 0. The van der Waals surface area contributed by atoms with E-state index in [9.17, 15) is 18.0 Å². The Morgan fingerprint density at radius 2 is 1.71 bits per heavy atom. The van der Waals surface area contributed by atoms with Gasteiger partial charge in [-0.25, -0.2) is 13.4 Å². The van der Waals surface area contributed by atoms with E-state index in [0.717, 1.165) is 5.82 Å². The lowest BCUT2D eigenvalue weighted by molar-refractivity contribution is -0.179. The van der Waals surface area contributed by atoms with E-state index in [1.165, 1.54) is 22.6 Å². The minimum absolute atomic E-state index is 0.00576. The van der Waals surface area contributed by atoms with Crippen molar-refractivity contribution in [3.63, 3.8) is 0 Å². The summed E-state index contributed by atoms with van der Waals surface area (Å²) in [6.45, 7) is 3.66. The van der Waals surface area contributed by atoms with Gasteiger partial charge in [0.15, 0.2) is 5.79 Å². The molecule has 1 aromatic carbocycles. The predicted molar refractivity (Wildman–Crippen MR) is 140 cm³/mol. The van der Waals surface area contributed by atoms with Gasteiger partial charge in [0.25, 0.3) is 5.91 Å². The highest BCUT2D eigenvalue weighted by Crippen LogP contribution is 2.33. The van der Waals surface area contributed by atoms with Crippen molar-refractivity contribution >= 4 is 32.7 Å². The number of aromatic nitrogens is 2. The van der Waals surface area contributed by atoms with Crippen LogP contribution in [-0.4, -0.2) is 91.8 Å². The number of aromatic amines is 1. The maximum atomic E-state index is 13.4. The largest absolute Gasteiger partial charge is 0.360 e. The fraction of sp³-hybridized carbons (Fsp3) is 0.423. The minimum Gasteiger partial charge on any atom is -0.360 e. The SMILES string of the molecule is O=C(c1c[nH]c2ccc(S(=O)(=O)N3CCC4(CC3)OCCO4)cc2c1=O)N1CCN(c2ccccn2)CC1. The molecule has 200 valence electrons. The molecule has 0 bridgehead atoms. The molecule has 3 aliphatic heterocycles. The summed E-state index contributed by atoms with van der Waals surface area (Å²) in [7, 11) is -3.84. The van der Waals surface area contributed by atoms with Gasteiger partial charge in [-0.1, -0.05) is 6.07 Å². The first-order valence-electron chi connectivity index (χ1n) is 12.8. The monoisotopic (exact) mass is 539 g/mol. The van der Waals surface area contributed by atoms with Gasteiger partial charge in [0.05, 0.1) is 18.1 Å². The fourth-order valence-corrected chi connectivity index (χ4v) is 6.84. The van der Waals surface area contributed by atoms with Crippen LogP contribution in [-0.2, 0) is 19.5 Å². The van der Waals surface area contributed by atoms with Crippen LogP contribution in [0.4, 0.5) is 5.82 Å². The topological polar surface area (TPSA) is 125 Å². The molecular weight excluding hydrogens is 510 g/mol. The van der Waals surface area contributed by atoms with Crippen molar-refractivity contribution in [3.05, 3.63) is 64.6 Å². The maximum Gasteiger partial charge on any atom is 0.259 e. The third-order valence-electron chi connectivity index (χ3n) is 7.56. The van der Waals surface area contributed by atoms with E-state index >= 15 is 0 Å². The highest BCUT2D eigenvalue weighted by molar-refractivity contribution is 7.89. The fourth-order valence-electron chi connectivity index (χ4n) is 5.37. The van der Waals surface area contributed by atoms with Gasteiger partial charge in [0, 0.05) is 75.4 Å². The Balaban J connectivity index is 1.21. The molecule has 1 N–H and O–H groups in total. The number of amides is 1. The predicted octanol–water partition coefficient (Wildman–Crippen LogP) is 1.41. The van der Waals surface area contributed by atoms with Gasteiger partial charge in [-0.3, -0.25) is 9.59 Å². The molecule has 2 aromatic heterocycles. The molecule has 0 atom stereocenters. The van der Waals surface area contributed by atoms with Crippen molar-refractivity contribution in [1.82, 2.24) is 19.2 Å². The highest BCUT2D eigenvalue weighted by Gasteiger charge is 2.42. The number of hydrogen-bond acceptors (Lipinski definition) is 8. The Morgan fingerprint density at radius 1 is 0.974 bits per heavy atom. The van der Waals surface area contributed by atoms with E-state index < -0.39 is 21.2 Å². The Bertz CT molecular complexity index is 1500.